The van der Waals surface area contributed by atoms with Crippen LogP contribution in [0.4, 0.5) is 4.79 Å². The van der Waals surface area contributed by atoms with E-state index in [-0.39, 0.29) is 12.0 Å². The van der Waals surface area contributed by atoms with E-state index in [1.54, 1.807) is 34.9 Å². The molecule has 1 aliphatic heterocycles. The van der Waals surface area contributed by atoms with Gasteiger partial charge in [-0.25, -0.2) is 4.79 Å². The number of piperazine rings is 1. The summed E-state index contributed by atoms with van der Waals surface area (Å²) in [6.07, 6.45) is -0.330. The Hall–Kier alpha value is -1.95. The summed E-state index contributed by atoms with van der Waals surface area (Å²) < 4.78 is 10.3. The fourth-order valence-electron chi connectivity index (χ4n) is 2.40. The standard InChI is InChI=1S/C16H21ClN2O4/c1-3-22-14-6-5-12(11-13(14)17)15(20)18-7-9-19(10-8-18)16(21)23-4-2/h5-6,11H,3-4,7-10H2,1-2H3. The molecular weight excluding hydrogens is 320 g/mol. The predicted octanol–water partition coefficient (Wildman–Crippen LogP) is 2.65. The van der Waals surface area contributed by atoms with E-state index in [9.17, 15) is 9.59 Å². The van der Waals surface area contributed by atoms with Crippen LogP contribution in [0.15, 0.2) is 18.2 Å². The first-order chi connectivity index (χ1) is 11.1. The molecule has 2 amide bonds. The number of amides is 2. The van der Waals surface area contributed by atoms with Gasteiger partial charge in [0.1, 0.15) is 5.75 Å². The third kappa shape index (κ3) is 4.28. The van der Waals surface area contributed by atoms with E-state index < -0.39 is 0 Å². The second-order valence-electron chi connectivity index (χ2n) is 5.06. The highest BCUT2D eigenvalue weighted by atomic mass is 35.5. The summed E-state index contributed by atoms with van der Waals surface area (Å²) in [6, 6.07) is 5.03. The molecular formula is C16H21ClN2O4. The zero-order valence-corrected chi connectivity index (χ0v) is 14.1. The van der Waals surface area contributed by atoms with Crippen molar-refractivity contribution in [2.24, 2.45) is 0 Å². The molecule has 1 aromatic carbocycles. The molecule has 126 valence electrons. The van der Waals surface area contributed by atoms with Crippen molar-refractivity contribution in [2.75, 3.05) is 39.4 Å². The first-order valence-corrected chi connectivity index (χ1v) is 8.08. The van der Waals surface area contributed by atoms with Gasteiger partial charge in [0.2, 0.25) is 0 Å². The second kappa shape index (κ2) is 8.06. The molecule has 7 heteroatoms. The normalized spacial score (nSPS) is 14.6. The average molecular weight is 341 g/mol. The first kappa shape index (κ1) is 17.4. The van der Waals surface area contributed by atoms with Crippen molar-refractivity contribution in [3.8, 4) is 5.75 Å². The largest absolute Gasteiger partial charge is 0.492 e. The molecule has 0 aromatic heterocycles. The number of hydrogen-bond donors (Lipinski definition) is 0. The molecule has 0 saturated carbocycles. The van der Waals surface area contributed by atoms with Crippen molar-refractivity contribution < 1.29 is 19.1 Å². The molecule has 1 aliphatic rings. The molecule has 23 heavy (non-hydrogen) atoms. The minimum Gasteiger partial charge on any atom is -0.492 e. The van der Waals surface area contributed by atoms with E-state index in [0.717, 1.165) is 0 Å². The highest BCUT2D eigenvalue weighted by molar-refractivity contribution is 6.32. The number of carbonyl (C=O) groups excluding carboxylic acids is 2. The van der Waals surface area contributed by atoms with Crippen molar-refractivity contribution >= 4 is 23.6 Å². The van der Waals surface area contributed by atoms with Gasteiger partial charge in [-0.2, -0.15) is 0 Å². The fraction of sp³-hybridized carbons (Fsp3) is 0.500. The van der Waals surface area contributed by atoms with Gasteiger partial charge < -0.3 is 19.3 Å². The van der Waals surface area contributed by atoms with E-state index in [4.69, 9.17) is 21.1 Å². The van der Waals surface area contributed by atoms with Crippen LogP contribution in [0.25, 0.3) is 0 Å². The van der Waals surface area contributed by atoms with Crippen molar-refractivity contribution in [2.45, 2.75) is 13.8 Å². The summed E-state index contributed by atoms with van der Waals surface area (Å²) in [5.74, 6) is 0.469. The zero-order chi connectivity index (χ0) is 16.8. The third-order valence-electron chi connectivity index (χ3n) is 3.57. The Kier molecular flexibility index (Phi) is 6.10. The highest BCUT2D eigenvalue weighted by Crippen LogP contribution is 2.26. The van der Waals surface area contributed by atoms with Crippen LogP contribution in [0.1, 0.15) is 24.2 Å². The molecule has 2 rings (SSSR count). The molecule has 0 aliphatic carbocycles. The molecule has 0 spiro atoms. The van der Waals surface area contributed by atoms with E-state index in [0.29, 0.717) is 55.7 Å². The Morgan fingerprint density at radius 3 is 2.30 bits per heavy atom. The Morgan fingerprint density at radius 1 is 1.09 bits per heavy atom. The number of halogens is 1. The van der Waals surface area contributed by atoms with Gasteiger partial charge in [0.25, 0.3) is 5.91 Å². The van der Waals surface area contributed by atoms with Crippen LogP contribution in [0, 0.1) is 0 Å². The quantitative estimate of drug-likeness (QED) is 0.845. The van der Waals surface area contributed by atoms with Crippen molar-refractivity contribution in [3.63, 3.8) is 0 Å². The maximum absolute atomic E-state index is 12.5. The molecule has 6 nitrogen and oxygen atoms in total. The van der Waals surface area contributed by atoms with Crippen LogP contribution in [-0.2, 0) is 4.74 Å². The SMILES string of the molecule is CCOC(=O)N1CCN(C(=O)c2ccc(OCC)c(Cl)c2)CC1. The molecule has 1 saturated heterocycles. The van der Waals surface area contributed by atoms with Gasteiger partial charge in [0, 0.05) is 31.7 Å². The van der Waals surface area contributed by atoms with Gasteiger partial charge in [-0.1, -0.05) is 11.6 Å². The lowest BCUT2D eigenvalue weighted by Gasteiger charge is -2.34. The topological polar surface area (TPSA) is 59.1 Å². The number of carbonyl (C=O) groups is 2. The molecule has 1 heterocycles. The van der Waals surface area contributed by atoms with Gasteiger partial charge >= 0.3 is 6.09 Å². The van der Waals surface area contributed by atoms with Crippen LogP contribution in [0.2, 0.25) is 5.02 Å². The van der Waals surface area contributed by atoms with Crippen molar-refractivity contribution in [1.82, 2.24) is 9.80 Å². The Morgan fingerprint density at radius 2 is 1.74 bits per heavy atom. The maximum atomic E-state index is 12.5. The fourth-order valence-corrected chi connectivity index (χ4v) is 2.63. The smallest absolute Gasteiger partial charge is 0.409 e. The summed E-state index contributed by atoms with van der Waals surface area (Å²) in [7, 11) is 0. The predicted molar refractivity (Wildman–Crippen MR) is 87.1 cm³/mol. The summed E-state index contributed by atoms with van der Waals surface area (Å²) in [5.41, 5.74) is 0.517. The van der Waals surface area contributed by atoms with E-state index >= 15 is 0 Å². The minimum atomic E-state index is -0.330. The monoisotopic (exact) mass is 340 g/mol. The number of benzene rings is 1. The van der Waals surface area contributed by atoms with Crippen LogP contribution in [-0.4, -0.2) is 61.2 Å². The lowest BCUT2D eigenvalue weighted by molar-refractivity contribution is 0.0570. The van der Waals surface area contributed by atoms with Gasteiger partial charge in [-0.3, -0.25) is 4.79 Å². The minimum absolute atomic E-state index is 0.0987. The molecule has 0 radical (unpaired) electrons. The lowest BCUT2D eigenvalue weighted by atomic mass is 10.1. The highest BCUT2D eigenvalue weighted by Gasteiger charge is 2.25. The van der Waals surface area contributed by atoms with Crippen LogP contribution in [0.3, 0.4) is 0 Å². The van der Waals surface area contributed by atoms with Crippen LogP contribution >= 0.6 is 11.6 Å². The van der Waals surface area contributed by atoms with Crippen LogP contribution < -0.4 is 4.74 Å². The Labute approximate surface area is 140 Å². The van der Waals surface area contributed by atoms with Crippen molar-refractivity contribution in [1.29, 1.82) is 0 Å². The number of nitrogens with zero attached hydrogens (tertiary/aromatic N) is 2. The molecule has 1 fully saturated rings. The summed E-state index contributed by atoms with van der Waals surface area (Å²) >= 11 is 6.13. The van der Waals surface area contributed by atoms with Gasteiger partial charge in [0.05, 0.1) is 18.2 Å². The number of rotatable bonds is 4. The van der Waals surface area contributed by atoms with E-state index in [2.05, 4.69) is 0 Å². The third-order valence-corrected chi connectivity index (χ3v) is 3.87. The molecule has 1 aromatic rings. The molecule has 0 atom stereocenters. The Bertz CT molecular complexity index is 571. The molecule has 0 unspecified atom stereocenters. The van der Waals surface area contributed by atoms with Crippen LogP contribution in [0.5, 0.6) is 5.75 Å². The van der Waals surface area contributed by atoms with Crippen molar-refractivity contribution in [3.05, 3.63) is 28.8 Å². The maximum Gasteiger partial charge on any atom is 0.409 e. The summed E-state index contributed by atoms with van der Waals surface area (Å²) in [4.78, 5) is 27.5. The van der Waals surface area contributed by atoms with Gasteiger partial charge in [-0.05, 0) is 32.0 Å². The van der Waals surface area contributed by atoms with E-state index in [1.807, 2.05) is 6.92 Å². The average Bonchev–Trinajstić information content (AvgIpc) is 2.56. The van der Waals surface area contributed by atoms with Gasteiger partial charge in [0.15, 0.2) is 0 Å². The summed E-state index contributed by atoms with van der Waals surface area (Å²) in [5, 5.41) is 0.419. The van der Waals surface area contributed by atoms with Gasteiger partial charge in [-0.15, -0.1) is 0 Å². The second-order valence-corrected chi connectivity index (χ2v) is 5.46. The Balaban J connectivity index is 1.97. The molecule has 0 bridgehead atoms. The van der Waals surface area contributed by atoms with E-state index in [1.165, 1.54) is 0 Å². The number of hydrogen-bond acceptors (Lipinski definition) is 4. The molecule has 0 N–H and O–H groups in total. The summed E-state index contributed by atoms with van der Waals surface area (Å²) in [6.45, 7) is 6.40. The zero-order valence-electron chi connectivity index (χ0n) is 13.4. The number of ether oxygens (including phenoxy) is 2. The first-order valence-electron chi connectivity index (χ1n) is 7.70. The lowest BCUT2D eigenvalue weighted by Crippen LogP contribution is -2.50.